The average molecular weight is 261 g/mol. The van der Waals surface area contributed by atoms with E-state index >= 15 is 0 Å². The molecule has 19 heavy (non-hydrogen) atoms. The summed E-state index contributed by atoms with van der Waals surface area (Å²) in [5, 5.41) is 11.2. The Hall–Kier alpha value is -1.95. The Balaban J connectivity index is 1.92. The number of pyridine rings is 1. The standard InChI is InChI=1S/C13H19N5O/c1-10(2)19-13-11(5-4-6-15-13)7-14-8-12-9-18(3)17-16-12/h4-6,9-10,14H,7-8H2,1-3H3. The van der Waals surface area contributed by atoms with Crippen LogP contribution >= 0.6 is 0 Å². The zero-order chi connectivity index (χ0) is 13.7. The second-order valence-electron chi connectivity index (χ2n) is 4.62. The fourth-order valence-electron chi connectivity index (χ4n) is 1.69. The van der Waals surface area contributed by atoms with Crippen LogP contribution in [0.15, 0.2) is 24.5 Å². The Bertz CT molecular complexity index is 523. The van der Waals surface area contributed by atoms with Crippen molar-refractivity contribution in [1.29, 1.82) is 0 Å². The molecule has 0 aliphatic carbocycles. The third kappa shape index (κ3) is 4.03. The molecule has 0 amide bonds. The van der Waals surface area contributed by atoms with Gasteiger partial charge in [-0.15, -0.1) is 5.10 Å². The van der Waals surface area contributed by atoms with Crippen molar-refractivity contribution in [2.24, 2.45) is 7.05 Å². The highest BCUT2D eigenvalue weighted by Gasteiger charge is 2.06. The highest BCUT2D eigenvalue weighted by molar-refractivity contribution is 5.25. The van der Waals surface area contributed by atoms with Gasteiger partial charge in [0.25, 0.3) is 0 Å². The van der Waals surface area contributed by atoms with Crippen LogP contribution in [0.25, 0.3) is 0 Å². The van der Waals surface area contributed by atoms with Crippen molar-refractivity contribution >= 4 is 0 Å². The average Bonchev–Trinajstić information content (AvgIpc) is 2.77. The van der Waals surface area contributed by atoms with Gasteiger partial charge >= 0.3 is 0 Å². The first-order valence-corrected chi connectivity index (χ1v) is 6.31. The van der Waals surface area contributed by atoms with Crippen LogP contribution < -0.4 is 10.1 Å². The van der Waals surface area contributed by atoms with Gasteiger partial charge in [-0.2, -0.15) is 0 Å². The number of aromatic nitrogens is 4. The van der Waals surface area contributed by atoms with Crippen molar-refractivity contribution in [1.82, 2.24) is 25.3 Å². The highest BCUT2D eigenvalue weighted by atomic mass is 16.5. The molecular weight excluding hydrogens is 242 g/mol. The summed E-state index contributed by atoms with van der Waals surface area (Å²) in [6.45, 7) is 5.34. The van der Waals surface area contributed by atoms with Gasteiger partial charge in [-0.3, -0.25) is 4.68 Å². The predicted molar refractivity (Wildman–Crippen MR) is 71.5 cm³/mol. The SMILES string of the molecule is CC(C)Oc1ncccc1CNCc1cn(C)nn1. The summed E-state index contributed by atoms with van der Waals surface area (Å²) >= 11 is 0. The summed E-state index contributed by atoms with van der Waals surface area (Å²) in [6, 6.07) is 3.92. The van der Waals surface area contributed by atoms with E-state index in [1.165, 1.54) is 0 Å². The number of aryl methyl sites for hydroxylation is 1. The largest absolute Gasteiger partial charge is 0.475 e. The molecule has 2 aromatic heterocycles. The van der Waals surface area contributed by atoms with Crippen LogP contribution in [0.1, 0.15) is 25.1 Å². The van der Waals surface area contributed by atoms with Gasteiger partial charge in [0.2, 0.25) is 5.88 Å². The molecule has 0 fully saturated rings. The van der Waals surface area contributed by atoms with Gasteiger partial charge < -0.3 is 10.1 Å². The van der Waals surface area contributed by atoms with E-state index in [1.54, 1.807) is 10.9 Å². The van der Waals surface area contributed by atoms with Crippen LogP contribution in [-0.4, -0.2) is 26.1 Å². The van der Waals surface area contributed by atoms with Crippen LogP contribution in [0.5, 0.6) is 5.88 Å². The van der Waals surface area contributed by atoms with Gasteiger partial charge in [0.1, 0.15) is 0 Å². The van der Waals surface area contributed by atoms with Crippen molar-refractivity contribution in [3.05, 3.63) is 35.8 Å². The smallest absolute Gasteiger partial charge is 0.218 e. The zero-order valence-electron chi connectivity index (χ0n) is 11.5. The highest BCUT2D eigenvalue weighted by Crippen LogP contribution is 2.15. The monoisotopic (exact) mass is 261 g/mol. The van der Waals surface area contributed by atoms with Crippen molar-refractivity contribution in [3.8, 4) is 5.88 Å². The van der Waals surface area contributed by atoms with Crippen LogP contribution in [0.2, 0.25) is 0 Å². The van der Waals surface area contributed by atoms with E-state index in [2.05, 4.69) is 20.6 Å². The predicted octanol–water partition coefficient (Wildman–Crippen LogP) is 1.29. The number of rotatable bonds is 6. The first kappa shape index (κ1) is 13.5. The molecule has 102 valence electrons. The molecule has 0 saturated heterocycles. The van der Waals surface area contributed by atoms with E-state index in [1.807, 2.05) is 39.2 Å². The summed E-state index contributed by atoms with van der Waals surface area (Å²) in [5.41, 5.74) is 1.96. The van der Waals surface area contributed by atoms with E-state index in [0.29, 0.717) is 19.0 Å². The third-order valence-corrected chi connectivity index (χ3v) is 2.47. The molecular formula is C13H19N5O. The summed E-state index contributed by atoms with van der Waals surface area (Å²) in [5.74, 6) is 0.684. The van der Waals surface area contributed by atoms with E-state index < -0.39 is 0 Å². The minimum absolute atomic E-state index is 0.119. The number of hydrogen-bond donors (Lipinski definition) is 1. The van der Waals surface area contributed by atoms with Gasteiger partial charge in [0, 0.05) is 38.1 Å². The number of nitrogens with one attached hydrogen (secondary N) is 1. The molecule has 2 rings (SSSR count). The van der Waals surface area contributed by atoms with Crippen LogP contribution in [0.3, 0.4) is 0 Å². The molecule has 0 aliphatic rings. The molecule has 6 nitrogen and oxygen atoms in total. The zero-order valence-corrected chi connectivity index (χ0v) is 11.5. The fourth-order valence-corrected chi connectivity index (χ4v) is 1.69. The summed E-state index contributed by atoms with van der Waals surface area (Å²) in [6.07, 6.45) is 3.75. The Morgan fingerprint density at radius 3 is 2.89 bits per heavy atom. The minimum Gasteiger partial charge on any atom is -0.475 e. The van der Waals surface area contributed by atoms with E-state index in [4.69, 9.17) is 4.74 Å². The Labute approximate surface area is 112 Å². The summed E-state index contributed by atoms with van der Waals surface area (Å²) in [4.78, 5) is 4.25. The Morgan fingerprint density at radius 1 is 1.37 bits per heavy atom. The lowest BCUT2D eigenvalue weighted by Crippen LogP contribution is -2.16. The number of hydrogen-bond acceptors (Lipinski definition) is 5. The second-order valence-corrected chi connectivity index (χ2v) is 4.62. The lowest BCUT2D eigenvalue weighted by molar-refractivity contribution is 0.229. The molecule has 0 aliphatic heterocycles. The first-order chi connectivity index (χ1) is 9.15. The van der Waals surface area contributed by atoms with Gasteiger partial charge in [0.15, 0.2) is 0 Å². The number of nitrogens with zero attached hydrogens (tertiary/aromatic N) is 4. The Kier molecular flexibility index (Phi) is 4.46. The Morgan fingerprint density at radius 2 is 2.21 bits per heavy atom. The lowest BCUT2D eigenvalue weighted by Gasteiger charge is -2.12. The molecule has 0 bridgehead atoms. The maximum absolute atomic E-state index is 5.67. The molecule has 0 saturated carbocycles. The first-order valence-electron chi connectivity index (χ1n) is 6.31. The van der Waals surface area contributed by atoms with Crippen molar-refractivity contribution in [3.63, 3.8) is 0 Å². The van der Waals surface area contributed by atoms with Crippen LogP contribution in [-0.2, 0) is 20.1 Å². The van der Waals surface area contributed by atoms with Gasteiger partial charge in [-0.05, 0) is 19.9 Å². The molecule has 2 aromatic rings. The summed E-state index contributed by atoms with van der Waals surface area (Å²) < 4.78 is 7.36. The molecule has 0 aromatic carbocycles. The second kappa shape index (κ2) is 6.29. The lowest BCUT2D eigenvalue weighted by atomic mass is 10.2. The topological polar surface area (TPSA) is 64.9 Å². The van der Waals surface area contributed by atoms with Crippen LogP contribution in [0, 0.1) is 0 Å². The quantitative estimate of drug-likeness (QED) is 0.848. The van der Waals surface area contributed by atoms with E-state index in [9.17, 15) is 0 Å². The van der Waals surface area contributed by atoms with Crippen molar-refractivity contribution in [2.45, 2.75) is 33.0 Å². The van der Waals surface area contributed by atoms with Gasteiger partial charge in [0.05, 0.1) is 11.8 Å². The normalized spacial score (nSPS) is 10.9. The molecule has 0 atom stereocenters. The molecule has 6 heteroatoms. The molecule has 0 spiro atoms. The van der Waals surface area contributed by atoms with Crippen LogP contribution in [0.4, 0.5) is 0 Å². The molecule has 1 N–H and O–H groups in total. The summed E-state index contributed by atoms with van der Waals surface area (Å²) in [7, 11) is 1.85. The molecule has 0 radical (unpaired) electrons. The molecule has 2 heterocycles. The third-order valence-electron chi connectivity index (χ3n) is 2.47. The minimum atomic E-state index is 0.119. The molecule has 0 unspecified atom stereocenters. The fraction of sp³-hybridized carbons (Fsp3) is 0.462. The van der Waals surface area contributed by atoms with Gasteiger partial charge in [-0.1, -0.05) is 11.3 Å². The van der Waals surface area contributed by atoms with E-state index in [-0.39, 0.29) is 6.10 Å². The number of ether oxygens (including phenoxy) is 1. The maximum atomic E-state index is 5.67. The maximum Gasteiger partial charge on any atom is 0.218 e. The van der Waals surface area contributed by atoms with Gasteiger partial charge in [-0.25, -0.2) is 4.98 Å². The van der Waals surface area contributed by atoms with Crippen molar-refractivity contribution < 1.29 is 4.74 Å². The van der Waals surface area contributed by atoms with E-state index in [0.717, 1.165) is 11.3 Å². The van der Waals surface area contributed by atoms with Crippen molar-refractivity contribution in [2.75, 3.05) is 0 Å².